The number of hydrogen-bond donors (Lipinski definition) is 2. The molecule has 2 unspecified atom stereocenters. The molecule has 0 aliphatic heterocycles. The fourth-order valence-electron chi connectivity index (χ4n) is 2.18. The molecule has 0 aliphatic rings. The molecule has 106 valence electrons. The van der Waals surface area contributed by atoms with E-state index in [9.17, 15) is 10.2 Å². The second-order valence-corrected chi connectivity index (χ2v) is 5.17. The predicted molar refractivity (Wildman–Crippen MR) is 76.0 cm³/mol. The lowest BCUT2D eigenvalue weighted by atomic mass is 10.1. The molecule has 2 aromatic rings. The van der Waals surface area contributed by atoms with E-state index in [1.54, 1.807) is 19.3 Å². The van der Waals surface area contributed by atoms with Crippen LogP contribution in [-0.4, -0.2) is 27.4 Å². The molecular weight excluding hydrogens is 252 g/mol. The zero-order valence-electron chi connectivity index (χ0n) is 11.7. The zero-order chi connectivity index (χ0) is 14.4. The van der Waals surface area contributed by atoms with E-state index in [1.165, 1.54) is 11.1 Å². The summed E-state index contributed by atoms with van der Waals surface area (Å²) in [6.07, 6.45) is 7.78. The highest BCUT2D eigenvalue weighted by atomic mass is 16.3. The highest BCUT2D eigenvalue weighted by molar-refractivity contribution is 5.21. The van der Waals surface area contributed by atoms with Crippen LogP contribution in [0.15, 0.2) is 49.1 Å². The molecule has 0 aliphatic carbocycles. The van der Waals surface area contributed by atoms with Crippen LogP contribution in [0, 0.1) is 0 Å². The van der Waals surface area contributed by atoms with Crippen LogP contribution in [0.1, 0.15) is 24.5 Å². The molecule has 20 heavy (non-hydrogen) atoms. The minimum absolute atomic E-state index is 0.395. The number of aromatic nitrogens is 2. The molecule has 0 aromatic carbocycles. The van der Waals surface area contributed by atoms with E-state index in [-0.39, 0.29) is 0 Å². The lowest BCUT2D eigenvalue weighted by Gasteiger charge is -2.09. The molecule has 0 saturated heterocycles. The van der Waals surface area contributed by atoms with Crippen LogP contribution in [0.3, 0.4) is 0 Å². The number of hydrogen-bond acceptors (Lipinski definition) is 3. The van der Waals surface area contributed by atoms with Crippen molar-refractivity contribution in [3.8, 4) is 0 Å². The van der Waals surface area contributed by atoms with Gasteiger partial charge in [0.25, 0.3) is 0 Å². The van der Waals surface area contributed by atoms with Gasteiger partial charge in [-0.05, 0) is 36.6 Å². The molecule has 0 amide bonds. The Labute approximate surface area is 119 Å². The Morgan fingerprint density at radius 1 is 1.05 bits per heavy atom. The van der Waals surface area contributed by atoms with Crippen molar-refractivity contribution in [1.29, 1.82) is 0 Å². The largest absolute Gasteiger partial charge is 0.393 e. The number of aliphatic hydroxyl groups excluding tert-OH is 2. The van der Waals surface area contributed by atoms with E-state index >= 15 is 0 Å². The van der Waals surface area contributed by atoms with Crippen molar-refractivity contribution < 1.29 is 14.8 Å². The van der Waals surface area contributed by atoms with E-state index in [1.807, 2.05) is 29.1 Å². The highest BCUT2D eigenvalue weighted by Crippen LogP contribution is 2.06. The van der Waals surface area contributed by atoms with Crippen LogP contribution in [0.5, 0.6) is 0 Å². The topological polar surface area (TPSA) is 57.2 Å². The lowest BCUT2D eigenvalue weighted by molar-refractivity contribution is -0.703. The second-order valence-electron chi connectivity index (χ2n) is 5.17. The van der Waals surface area contributed by atoms with Gasteiger partial charge in [-0.15, -0.1) is 0 Å². The van der Waals surface area contributed by atoms with Crippen molar-refractivity contribution in [2.24, 2.45) is 0 Å². The molecule has 0 spiro atoms. The summed E-state index contributed by atoms with van der Waals surface area (Å²) in [7, 11) is 0. The lowest BCUT2D eigenvalue weighted by Crippen LogP contribution is -2.40. The van der Waals surface area contributed by atoms with Crippen LogP contribution in [0.25, 0.3) is 0 Å². The van der Waals surface area contributed by atoms with E-state index in [4.69, 9.17) is 0 Å². The third-order valence-electron chi connectivity index (χ3n) is 3.15. The molecule has 2 rings (SSSR count). The quantitative estimate of drug-likeness (QED) is 0.775. The van der Waals surface area contributed by atoms with Gasteiger partial charge in [-0.2, -0.15) is 0 Å². The first kappa shape index (κ1) is 14.6. The Hall–Kier alpha value is -1.78. The van der Waals surface area contributed by atoms with Crippen molar-refractivity contribution >= 4 is 0 Å². The maximum absolute atomic E-state index is 9.79. The first-order chi connectivity index (χ1) is 9.63. The molecule has 2 atom stereocenters. The zero-order valence-corrected chi connectivity index (χ0v) is 11.7. The molecule has 2 aromatic heterocycles. The molecule has 2 N–H and O–H groups in total. The molecule has 0 radical (unpaired) electrons. The Morgan fingerprint density at radius 3 is 2.25 bits per heavy atom. The monoisotopic (exact) mass is 273 g/mol. The second kappa shape index (κ2) is 7.12. The van der Waals surface area contributed by atoms with Crippen molar-refractivity contribution in [1.82, 2.24) is 4.98 Å². The first-order valence-electron chi connectivity index (χ1n) is 6.86. The Balaban J connectivity index is 1.93. The Morgan fingerprint density at radius 2 is 1.65 bits per heavy atom. The summed E-state index contributed by atoms with van der Waals surface area (Å²) in [4.78, 5) is 4.01. The van der Waals surface area contributed by atoms with Gasteiger partial charge in [-0.3, -0.25) is 4.98 Å². The maximum atomic E-state index is 9.79. The SMILES string of the molecule is CC(O)CC(O)C[n+]1ccc(Cc2ccncc2)cc1. The summed E-state index contributed by atoms with van der Waals surface area (Å²) in [6, 6.07) is 8.12. The van der Waals surface area contributed by atoms with Gasteiger partial charge in [0, 0.05) is 30.9 Å². The van der Waals surface area contributed by atoms with Crippen molar-refractivity contribution in [2.45, 2.75) is 38.5 Å². The standard InChI is InChI=1S/C16H21N2O2/c1-13(19)10-16(20)12-18-8-4-15(5-9-18)11-14-2-6-17-7-3-14/h2-9,13,16,19-20H,10-12H2,1H3/q+1. The predicted octanol–water partition coefficient (Wildman–Crippen LogP) is 1.09. The Kier molecular flexibility index (Phi) is 5.21. The fraction of sp³-hybridized carbons (Fsp3) is 0.375. The molecule has 0 bridgehead atoms. The summed E-state index contributed by atoms with van der Waals surface area (Å²) in [5.74, 6) is 0. The summed E-state index contributed by atoms with van der Waals surface area (Å²) in [5, 5.41) is 19.0. The summed E-state index contributed by atoms with van der Waals surface area (Å²) in [6.45, 7) is 2.19. The normalized spacial score (nSPS) is 13.9. The highest BCUT2D eigenvalue weighted by Gasteiger charge is 2.13. The number of rotatable bonds is 6. The smallest absolute Gasteiger partial charge is 0.174 e. The summed E-state index contributed by atoms with van der Waals surface area (Å²) < 4.78 is 1.93. The fourth-order valence-corrected chi connectivity index (χ4v) is 2.18. The van der Waals surface area contributed by atoms with Gasteiger partial charge in [0.2, 0.25) is 0 Å². The van der Waals surface area contributed by atoms with Gasteiger partial charge in [0.15, 0.2) is 18.9 Å². The minimum Gasteiger partial charge on any atom is -0.393 e. The Bertz CT molecular complexity index is 512. The average Bonchev–Trinajstić information content (AvgIpc) is 2.41. The van der Waals surface area contributed by atoms with Gasteiger partial charge >= 0.3 is 0 Å². The van der Waals surface area contributed by atoms with Crippen molar-refractivity contribution in [3.05, 3.63) is 60.2 Å². The van der Waals surface area contributed by atoms with E-state index < -0.39 is 12.2 Å². The van der Waals surface area contributed by atoms with Crippen LogP contribution in [0.4, 0.5) is 0 Å². The molecule has 0 fully saturated rings. The van der Waals surface area contributed by atoms with Crippen molar-refractivity contribution in [2.75, 3.05) is 0 Å². The van der Waals surface area contributed by atoms with Crippen molar-refractivity contribution in [3.63, 3.8) is 0 Å². The number of nitrogens with zero attached hydrogens (tertiary/aromatic N) is 2. The molecule has 4 heteroatoms. The summed E-state index contributed by atoms with van der Waals surface area (Å²) >= 11 is 0. The number of aliphatic hydroxyl groups is 2. The van der Waals surface area contributed by atoms with E-state index in [0.717, 1.165) is 6.42 Å². The molecule has 4 nitrogen and oxygen atoms in total. The van der Waals surface area contributed by atoms with Crippen LogP contribution in [0.2, 0.25) is 0 Å². The van der Waals surface area contributed by atoms with E-state index in [0.29, 0.717) is 13.0 Å². The van der Waals surface area contributed by atoms with Crippen LogP contribution >= 0.6 is 0 Å². The minimum atomic E-state index is -0.522. The maximum Gasteiger partial charge on any atom is 0.174 e. The molecule has 2 heterocycles. The van der Waals surface area contributed by atoms with Gasteiger partial charge in [-0.1, -0.05) is 0 Å². The molecular formula is C16H21N2O2+. The van der Waals surface area contributed by atoms with Gasteiger partial charge < -0.3 is 10.2 Å². The summed E-state index contributed by atoms with van der Waals surface area (Å²) in [5.41, 5.74) is 2.45. The van der Waals surface area contributed by atoms with Gasteiger partial charge in [-0.25, -0.2) is 4.57 Å². The van der Waals surface area contributed by atoms with E-state index in [2.05, 4.69) is 17.1 Å². The average molecular weight is 273 g/mol. The van der Waals surface area contributed by atoms with Crippen LogP contribution in [-0.2, 0) is 13.0 Å². The third kappa shape index (κ3) is 4.72. The molecule has 0 saturated carbocycles. The third-order valence-corrected chi connectivity index (χ3v) is 3.15. The number of pyridine rings is 2. The first-order valence-corrected chi connectivity index (χ1v) is 6.86. The van der Waals surface area contributed by atoms with Gasteiger partial charge in [0.1, 0.15) is 6.10 Å². The van der Waals surface area contributed by atoms with Crippen LogP contribution < -0.4 is 4.57 Å². The van der Waals surface area contributed by atoms with Gasteiger partial charge in [0.05, 0.1) is 6.10 Å².